The average Bonchev–Trinajstić information content (AvgIpc) is 2.04. The minimum atomic E-state index is -3.24. The second kappa shape index (κ2) is 4.06. The fourth-order valence-electron chi connectivity index (χ4n) is 0.972. The van der Waals surface area contributed by atoms with E-state index in [1.165, 1.54) is 0 Å². The Labute approximate surface area is 77.8 Å². The standard InChI is InChI=1S/C9H9NO2S/c1-10-8-13(11,12)7-9-5-3-2-4-6-9/h2-6H,7-8H2. The molecule has 0 aromatic heterocycles. The van der Waals surface area contributed by atoms with Crippen molar-refractivity contribution in [1.29, 1.82) is 0 Å². The van der Waals surface area contributed by atoms with Crippen LogP contribution in [0.2, 0.25) is 0 Å². The number of hydrogen-bond donors (Lipinski definition) is 0. The molecule has 0 heterocycles. The fourth-order valence-corrected chi connectivity index (χ4v) is 1.96. The van der Waals surface area contributed by atoms with Crippen molar-refractivity contribution in [3.8, 4) is 0 Å². The van der Waals surface area contributed by atoms with Gasteiger partial charge in [0, 0.05) is 0 Å². The molecule has 0 aliphatic carbocycles. The second-order valence-corrected chi connectivity index (χ2v) is 4.69. The lowest BCUT2D eigenvalue weighted by Gasteiger charge is -1.97. The molecule has 0 N–H and O–H groups in total. The summed E-state index contributed by atoms with van der Waals surface area (Å²) in [6.07, 6.45) is 0. The highest BCUT2D eigenvalue weighted by Gasteiger charge is 2.13. The molecular formula is C9H9NO2S. The van der Waals surface area contributed by atoms with E-state index >= 15 is 0 Å². The van der Waals surface area contributed by atoms with Crippen LogP contribution in [0.4, 0.5) is 0 Å². The van der Waals surface area contributed by atoms with Gasteiger partial charge in [-0.15, -0.1) is 0 Å². The molecule has 0 saturated carbocycles. The highest BCUT2D eigenvalue weighted by atomic mass is 32.2. The Morgan fingerprint density at radius 1 is 1.23 bits per heavy atom. The van der Waals surface area contributed by atoms with Crippen molar-refractivity contribution < 1.29 is 8.42 Å². The summed E-state index contributed by atoms with van der Waals surface area (Å²) in [5, 5.41) is 0. The van der Waals surface area contributed by atoms with Crippen molar-refractivity contribution in [3.05, 3.63) is 47.3 Å². The van der Waals surface area contributed by atoms with Crippen LogP contribution < -0.4 is 0 Å². The summed E-state index contributed by atoms with van der Waals surface area (Å²) in [6, 6.07) is 8.86. The van der Waals surface area contributed by atoms with Crippen molar-refractivity contribution in [3.63, 3.8) is 0 Å². The van der Waals surface area contributed by atoms with Gasteiger partial charge in [0.25, 0.3) is 0 Å². The fraction of sp³-hybridized carbons (Fsp3) is 0.222. The smallest absolute Gasteiger partial charge is 0.300 e. The minimum Gasteiger partial charge on any atom is -0.300 e. The van der Waals surface area contributed by atoms with Gasteiger partial charge >= 0.3 is 5.88 Å². The molecule has 0 amide bonds. The molecule has 0 unspecified atom stereocenters. The Morgan fingerprint density at radius 2 is 1.85 bits per heavy atom. The SMILES string of the molecule is [C-]#[N+]CS(=O)(=O)Cc1ccccc1. The van der Waals surface area contributed by atoms with E-state index in [1.807, 2.05) is 6.07 Å². The number of hydrogen-bond acceptors (Lipinski definition) is 2. The summed E-state index contributed by atoms with van der Waals surface area (Å²) in [6.45, 7) is 6.47. The highest BCUT2D eigenvalue weighted by molar-refractivity contribution is 7.90. The van der Waals surface area contributed by atoms with Crippen LogP contribution in [-0.2, 0) is 15.6 Å². The number of nitrogens with zero attached hydrogens (tertiary/aromatic N) is 1. The van der Waals surface area contributed by atoms with Crippen LogP contribution in [0.25, 0.3) is 4.85 Å². The molecule has 1 rings (SSSR count). The predicted octanol–water partition coefficient (Wildman–Crippen LogP) is 1.48. The van der Waals surface area contributed by atoms with Crippen LogP contribution in [0.3, 0.4) is 0 Å². The van der Waals surface area contributed by atoms with Gasteiger partial charge in [0.1, 0.15) is 0 Å². The molecule has 4 heteroatoms. The molecule has 0 spiro atoms. The molecule has 0 fully saturated rings. The van der Waals surface area contributed by atoms with E-state index in [9.17, 15) is 8.42 Å². The summed E-state index contributed by atoms with van der Waals surface area (Å²) >= 11 is 0. The third-order valence-corrected chi connectivity index (χ3v) is 2.79. The van der Waals surface area contributed by atoms with Gasteiger partial charge in [-0.3, -0.25) is 4.85 Å². The monoisotopic (exact) mass is 195 g/mol. The number of sulfone groups is 1. The molecule has 3 nitrogen and oxygen atoms in total. The van der Waals surface area contributed by atoms with Crippen molar-refractivity contribution >= 4 is 9.84 Å². The lowest BCUT2D eigenvalue weighted by atomic mass is 10.2. The zero-order chi connectivity index (χ0) is 9.73. The maximum absolute atomic E-state index is 11.2. The Balaban J connectivity index is 2.77. The lowest BCUT2D eigenvalue weighted by Crippen LogP contribution is -2.06. The molecule has 1 aromatic carbocycles. The third kappa shape index (κ3) is 3.26. The average molecular weight is 195 g/mol. The van der Waals surface area contributed by atoms with E-state index in [2.05, 4.69) is 4.85 Å². The Bertz CT molecular complexity index is 403. The van der Waals surface area contributed by atoms with Gasteiger partial charge in [-0.05, 0) is 5.56 Å². The van der Waals surface area contributed by atoms with Crippen molar-refractivity contribution in [2.75, 3.05) is 5.88 Å². The molecule has 68 valence electrons. The number of rotatable bonds is 3. The number of benzene rings is 1. The van der Waals surface area contributed by atoms with Crippen LogP contribution in [-0.4, -0.2) is 14.3 Å². The first kappa shape index (κ1) is 9.75. The van der Waals surface area contributed by atoms with Gasteiger partial charge in [-0.1, -0.05) is 30.3 Å². The molecule has 1 aromatic rings. The first-order valence-electron chi connectivity index (χ1n) is 3.71. The van der Waals surface area contributed by atoms with Gasteiger partial charge in [0.05, 0.1) is 5.75 Å². The highest BCUT2D eigenvalue weighted by Crippen LogP contribution is 2.05. The quantitative estimate of drug-likeness (QED) is 0.685. The molecule has 0 aliphatic rings. The van der Waals surface area contributed by atoms with Gasteiger partial charge in [0.15, 0.2) is 0 Å². The molecule has 13 heavy (non-hydrogen) atoms. The molecule has 0 radical (unpaired) electrons. The topological polar surface area (TPSA) is 38.5 Å². The zero-order valence-electron chi connectivity index (χ0n) is 6.97. The maximum Gasteiger partial charge on any atom is 0.312 e. The summed E-state index contributed by atoms with van der Waals surface area (Å²) < 4.78 is 22.4. The molecular weight excluding hydrogens is 186 g/mol. The van der Waals surface area contributed by atoms with E-state index < -0.39 is 15.7 Å². The summed E-state index contributed by atoms with van der Waals surface area (Å²) in [5.74, 6) is -0.474. The van der Waals surface area contributed by atoms with Crippen LogP contribution >= 0.6 is 0 Å². The Morgan fingerprint density at radius 3 is 2.38 bits per heavy atom. The Kier molecular flexibility index (Phi) is 3.04. The van der Waals surface area contributed by atoms with Crippen LogP contribution in [0.5, 0.6) is 0 Å². The summed E-state index contributed by atoms with van der Waals surface area (Å²) in [5.41, 5.74) is 0.728. The van der Waals surface area contributed by atoms with E-state index in [0.717, 1.165) is 5.56 Å². The maximum atomic E-state index is 11.2. The zero-order valence-corrected chi connectivity index (χ0v) is 7.79. The normalized spacial score (nSPS) is 10.7. The summed E-state index contributed by atoms with van der Waals surface area (Å²) in [4.78, 5) is 2.87. The van der Waals surface area contributed by atoms with E-state index in [-0.39, 0.29) is 5.75 Å². The van der Waals surface area contributed by atoms with Crippen molar-refractivity contribution in [2.45, 2.75) is 5.75 Å². The van der Waals surface area contributed by atoms with E-state index in [0.29, 0.717) is 0 Å². The van der Waals surface area contributed by atoms with Crippen LogP contribution in [0.15, 0.2) is 30.3 Å². The van der Waals surface area contributed by atoms with Crippen LogP contribution in [0, 0.1) is 6.57 Å². The Hall–Kier alpha value is -1.34. The van der Waals surface area contributed by atoms with Crippen LogP contribution in [0.1, 0.15) is 5.56 Å². The van der Waals surface area contributed by atoms with Gasteiger partial charge in [-0.25, -0.2) is 15.0 Å². The molecule has 0 atom stereocenters. The largest absolute Gasteiger partial charge is 0.312 e. The van der Waals surface area contributed by atoms with E-state index in [4.69, 9.17) is 6.57 Å². The second-order valence-electron chi connectivity index (χ2n) is 2.66. The van der Waals surface area contributed by atoms with Crippen molar-refractivity contribution in [2.24, 2.45) is 0 Å². The van der Waals surface area contributed by atoms with Crippen molar-refractivity contribution in [1.82, 2.24) is 0 Å². The van der Waals surface area contributed by atoms with Gasteiger partial charge in [0.2, 0.25) is 9.84 Å². The first-order chi connectivity index (χ1) is 6.14. The van der Waals surface area contributed by atoms with E-state index in [1.54, 1.807) is 24.3 Å². The predicted molar refractivity (Wildman–Crippen MR) is 50.5 cm³/mol. The molecule has 0 saturated heterocycles. The molecule has 0 bridgehead atoms. The third-order valence-electron chi connectivity index (χ3n) is 1.49. The molecule has 0 aliphatic heterocycles. The first-order valence-corrected chi connectivity index (χ1v) is 5.54. The minimum absolute atomic E-state index is 0.0454. The van der Waals surface area contributed by atoms with Gasteiger partial charge < -0.3 is 0 Å². The van der Waals surface area contributed by atoms with Gasteiger partial charge in [-0.2, -0.15) is 0 Å². The lowest BCUT2D eigenvalue weighted by molar-refractivity contribution is 0.598. The summed E-state index contributed by atoms with van der Waals surface area (Å²) in [7, 11) is -3.24.